The fourth-order valence-electron chi connectivity index (χ4n) is 2.95. The largest absolute Gasteiger partial charge is 0.365 e. The number of aromatic nitrogens is 2. The van der Waals surface area contributed by atoms with Gasteiger partial charge in [-0.15, -0.1) is 0 Å². The number of ketones is 1. The quantitative estimate of drug-likeness (QED) is 0.469. The molecule has 2 aromatic heterocycles. The molecule has 0 spiro atoms. The monoisotopic (exact) mass is 379 g/mol. The molecule has 0 aliphatic rings. The summed E-state index contributed by atoms with van der Waals surface area (Å²) >= 11 is 6.01. The number of hydrogen-bond donors (Lipinski definition) is 2. The molecule has 2 heterocycles. The number of carbonyl (C=O) groups excluding carboxylic acids is 1. The number of H-pyrrole nitrogens is 1. The van der Waals surface area contributed by atoms with Crippen LogP contribution in [0.4, 0.5) is 10.2 Å². The van der Waals surface area contributed by atoms with E-state index in [2.05, 4.69) is 15.3 Å². The molecule has 2 aromatic carbocycles. The maximum absolute atomic E-state index is 13.1. The number of rotatable bonds is 5. The predicted octanol–water partition coefficient (Wildman–Crippen LogP) is 5.20. The van der Waals surface area contributed by atoms with Crippen LogP contribution in [-0.4, -0.2) is 15.8 Å². The van der Waals surface area contributed by atoms with Gasteiger partial charge in [-0.25, -0.2) is 9.37 Å². The molecule has 27 heavy (non-hydrogen) atoms. The standard InChI is InChI=1S/C21H15ClFN3O/c22-14-5-8-16-18(12-25-19(16)10-14)20(27)17-2-1-9-24-21(17)26-11-13-3-6-15(23)7-4-13/h1-10,12,25H,11H2,(H,24,26). The third kappa shape index (κ3) is 3.55. The molecule has 0 aliphatic heterocycles. The van der Waals surface area contributed by atoms with Crippen molar-refractivity contribution in [2.75, 3.05) is 5.32 Å². The van der Waals surface area contributed by atoms with E-state index in [4.69, 9.17) is 11.6 Å². The van der Waals surface area contributed by atoms with Crippen molar-refractivity contribution in [2.24, 2.45) is 0 Å². The van der Waals surface area contributed by atoms with Crippen molar-refractivity contribution in [2.45, 2.75) is 6.54 Å². The Morgan fingerprint density at radius 3 is 2.74 bits per heavy atom. The highest BCUT2D eigenvalue weighted by Gasteiger charge is 2.18. The second-order valence-electron chi connectivity index (χ2n) is 6.10. The second kappa shape index (κ2) is 7.21. The van der Waals surface area contributed by atoms with Crippen molar-refractivity contribution in [3.05, 3.63) is 94.5 Å². The van der Waals surface area contributed by atoms with Gasteiger partial charge in [0.05, 0.1) is 5.56 Å². The van der Waals surface area contributed by atoms with Gasteiger partial charge < -0.3 is 10.3 Å². The van der Waals surface area contributed by atoms with Crippen LogP contribution in [0.15, 0.2) is 67.0 Å². The molecule has 0 fully saturated rings. The number of pyridine rings is 1. The van der Waals surface area contributed by atoms with Crippen LogP contribution in [-0.2, 0) is 6.54 Å². The topological polar surface area (TPSA) is 57.8 Å². The first-order chi connectivity index (χ1) is 13.1. The van der Waals surface area contributed by atoms with E-state index in [1.54, 1.807) is 48.8 Å². The Kier molecular flexibility index (Phi) is 4.60. The number of nitrogens with one attached hydrogen (secondary N) is 2. The minimum absolute atomic E-state index is 0.140. The average Bonchev–Trinajstić information content (AvgIpc) is 3.10. The van der Waals surface area contributed by atoms with Crippen molar-refractivity contribution in [3.63, 3.8) is 0 Å². The molecule has 6 heteroatoms. The Labute approximate surface area is 160 Å². The van der Waals surface area contributed by atoms with Crippen LogP contribution in [0.5, 0.6) is 0 Å². The predicted molar refractivity (Wildman–Crippen MR) is 105 cm³/mol. The van der Waals surface area contributed by atoms with Crippen molar-refractivity contribution in [1.82, 2.24) is 9.97 Å². The molecule has 0 bridgehead atoms. The summed E-state index contributed by atoms with van der Waals surface area (Å²) in [6.07, 6.45) is 3.30. The number of carbonyl (C=O) groups is 1. The normalized spacial score (nSPS) is 10.9. The van der Waals surface area contributed by atoms with Crippen LogP contribution >= 0.6 is 11.6 Å². The summed E-state index contributed by atoms with van der Waals surface area (Å²) in [5, 5.41) is 4.57. The van der Waals surface area contributed by atoms with Crippen molar-refractivity contribution in [3.8, 4) is 0 Å². The Balaban J connectivity index is 1.63. The first-order valence-corrected chi connectivity index (χ1v) is 8.74. The Hall–Kier alpha value is -3.18. The van der Waals surface area contributed by atoms with E-state index in [0.29, 0.717) is 28.5 Å². The van der Waals surface area contributed by atoms with E-state index in [1.807, 2.05) is 6.07 Å². The van der Waals surface area contributed by atoms with Crippen LogP contribution in [0.1, 0.15) is 21.5 Å². The summed E-state index contributed by atoms with van der Waals surface area (Å²) in [6.45, 7) is 0.432. The van der Waals surface area contributed by atoms with Gasteiger partial charge in [-0.1, -0.05) is 29.8 Å². The van der Waals surface area contributed by atoms with Crippen molar-refractivity contribution in [1.29, 1.82) is 0 Å². The highest BCUT2D eigenvalue weighted by atomic mass is 35.5. The van der Waals surface area contributed by atoms with Crippen LogP contribution < -0.4 is 5.32 Å². The summed E-state index contributed by atoms with van der Waals surface area (Å²) in [6, 6.07) is 15.0. The molecule has 0 saturated heterocycles. The van der Waals surface area contributed by atoms with E-state index < -0.39 is 0 Å². The fourth-order valence-corrected chi connectivity index (χ4v) is 3.12. The van der Waals surface area contributed by atoms with Crippen LogP contribution in [0.3, 0.4) is 0 Å². The second-order valence-corrected chi connectivity index (χ2v) is 6.54. The third-order valence-corrected chi connectivity index (χ3v) is 4.55. The first kappa shape index (κ1) is 17.2. The summed E-state index contributed by atoms with van der Waals surface area (Å²) in [7, 11) is 0. The van der Waals surface area contributed by atoms with Gasteiger partial charge in [-0.05, 0) is 42.0 Å². The van der Waals surface area contributed by atoms with E-state index in [1.165, 1.54) is 12.1 Å². The number of halogens is 2. The molecule has 0 atom stereocenters. The lowest BCUT2D eigenvalue weighted by Crippen LogP contribution is -2.09. The van der Waals surface area contributed by atoms with Gasteiger partial charge in [0, 0.05) is 40.4 Å². The Morgan fingerprint density at radius 2 is 1.93 bits per heavy atom. The molecule has 0 radical (unpaired) electrons. The fraction of sp³-hybridized carbons (Fsp3) is 0.0476. The average molecular weight is 380 g/mol. The summed E-state index contributed by atoms with van der Waals surface area (Å²) < 4.78 is 13.0. The molecule has 0 amide bonds. The SMILES string of the molecule is O=C(c1cccnc1NCc1ccc(F)cc1)c1c[nH]c2cc(Cl)ccc12. The van der Waals surface area contributed by atoms with Crippen LogP contribution in [0.2, 0.25) is 5.02 Å². The molecule has 4 rings (SSSR count). The minimum Gasteiger partial charge on any atom is -0.365 e. The first-order valence-electron chi connectivity index (χ1n) is 8.36. The lowest BCUT2D eigenvalue weighted by molar-refractivity contribution is 0.104. The number of nitrogens with zero attached hydrogens (tertiary/aromatic N) is 1. The third-order valence-electron chi connectivity index (χ3n) is 4.31. The van der Waals surface area contributed by atoms with E-state index in [-0.39, 0.29) is 11.6 Å². The lowest BCUT2D eigenvalue weighted by atomic mass is 10.0. The van der Waals surface area contributed by atoms with Gasteiger partial charge in [0.25, 0.3) is 0 Å². The van der Waals surface area contributed by atoms with Gasteiger partial charge in [-0.3, -0.25) is 4.79 Å². The van der Waals surface area contributed by atoms with E-state index in [0.717, 1.165) is 16.5 Å². The molecule has 4 aromatic rings. The summed E-state index contributed by atoms with van der Waals surface area (Å²) in [5.74, 6) is 0.0558. The number of benzene rings is 2. The van der Waals surface area contributed by atoms with Crippen LogP contribution in [0.25, 0.3) is 10.9 Å². The highest BCUT2D eigenvalue weighted by molar-refractivity contribution is 6.31. The van der Waals surface area contributed by atoms with Crippen molar-refractivity contribution >= 4 is 34.1 Å². The zero-order chi connectivity index (χ0) is 18.8. The number of hydrogen-bond acceptors (Lipinski definition) is 3. The van der Waals surface area contributed by atoms with Crippen LogP contribution in [0, 0.1) is 5.82 Å². The van der Waals surface area contributed by atoms with E-state index in [9.17, 15) is 9.18 Å². The molecule has 0 unspecified atom stereocenters. The maximum Gasteiger partial charge on any atom is 0.198 e. The maximum atomic E-state index is 13.1. The molecule has 134 valence electrons. The molecule has 0 saturated carbocycles. The van der Waals surface area contributed by atoms with Gasteiger partial charge in [0.2, 0.25) is 0 Å². The smallest absolute Gasteiger partial charge is 0.198 e. The zero-order valence-electron chi connectivity index (χ0n) is 14.2. The highest BCUT2D eigenvalue weighted by Crippen LogP contribution is 2.26. The molecular weight excluding hydrogens is 365 g/mol. The van der Waals surface area contributed by atoms with Gasteiger partial charge in [-0.2, -0.15) is 0 Å². The molecule has 0 aliphatic carbocycles. The minimum atomic E-state index is -0.285. The zero-order valence-corrected chi connectivity index (χ0v) is 14.9. The number of fused-ring (bicyclic) bond motifs is 1. The van der Waals surface area contributed by atoms with Gasteiger partial charge >= 0.3 is 0 Å². The van der Waals surface area contributed by atoms with Crippen molar-refractivity contribution < 1.29 is 9.18 Å². The summed E-state index contributed by atoms with van der Waals surface area (Å²) in [5.41, 5.74) is 2.72. The molecule has 4 nitrogen and oxygen atoms in total. The molecule has 2 N–H and O–H groups in total. The lowest BCUT2D eigenvalue weighted by Gasteiger charge is -2.10. The Bertz CT molecular complexity index is 1120. The summed E-state index contributed by atoms with van der Waals surface area (Å²) in [4.78, 5) is 20.5. The van der Waals surface area contributed by atoms with Gasteiger partial charge in [0.1, 0.15) is 11.6 Å². The number of aromatic amines is 1. The number of anilines is 1. The van der Waals surface area contributed by atoms with E-state index >= 15 is 0 Å². The Morgan fingerprint density at radius 1 is 1.11 bits per heavy atom. The van der Waals surface area contributed by atoms with Gasteiger partial charge in [0.15, 0.2) is 5.78 Å². The molecular formula is C21H15ClFN3O.